The summed E-state index contributed by atoms with van der Waals surface area (Å²) in [6.45, 7) is 4.21. The number of benzene rings is 2. The van der Waals surface area contributed by atoms with Crippen molar-refractivity contribution < 1.29 is 22.7 Å². The Morgan fingerprint density at radius 1 is 1.16 bits per heavy atom. The van der Waals surface area contributed by atoms with Gasteiger partial charge in [0.15, 0.2) is 6.10 Å². The molecule has 4 rings (SSSR count). The minimum absolute atomic E-state index is 0.0888. The second-order valence-corrected chi connectivity index (χ2v) is 10.1. The van der Waals surface area contributed by atoms with Crippen molar-refractivity contribution in [2.24, 2.45) is 5.92 Å². The molecule has 2 aliphatic heterocycles. The minimum Gasteiger partial charge on any atom is -0.479 e. The van der Waals surface area contributed by atoms with Gasteiger partial charge >= 0.3 is 0 Å². The van der Waals surface area contributed by atoms with Crippen LogP contribution in [0.25, 0.3) is 0 Å². The molecule has 0 aliphatic carbocycles. The van der Waals surface area contributed by atoms with Crippen LogP contribution in [0, 0.1) is 5.92 Å². The number of amides is 2. The van der Waals surface area contributed by atoms with Crippen molar-refractivity contribution >= 4 is 33.2 Å². The van der Waals surface area contributed by atoms with E-state index in [0.717, 1.165) is 12.1 Å². The maximum absolute atomic E-state index is 13.1. The van der Waals surface area contributed by atoms with Crippen LogP contribution in [-0.2, 0) is 26.0 Å². The first-order chi connectivity index (χ1) is 15.3. The zero-order chi connectivity index (χ0) is 22.9. The van der Waals surface area contributed by atoms with E-state index >= 15 is 0 Å². The molecule has 2 aliphatic rings. The van der Waals surface area contributed by atoms with E-state index in [0.29, 0.717) is 24.3 Å². The molecule has 1 saturated heterocycles. The van der Waals surface area contributed by atoms with Gasteiger partial charge in [-0.25, -0.2) is 8.42 Å². The maximum Gasteiger partial charge on any atom is 0.265 e. The Kier molecular flexibility index (Phi) is 6.21. The molecule has 0 radical (unpaired) electrons. The number of piperidine rings is 1. The molecule has 32 heavy (non-hydrogen) atoms. The Labute approximate surface area is 188 Å². The lowest BCUT2D eigenvalue weighted by atomic mass is 9.97. The second-order valence-electron chi connectivity index (χ2n) is 8.13. The smallest absolute Gasteiger partial charge is 0.265 e. The highest BCUT2D eigenvalue weighted by molar-refractivity contribution is 7.89. The van der Waals surface area contributed by atoms with Crippen molar-refractivity contribution in [3.63, 3.8) is 0 Å². The first-order valence-corrected chi connectivity index (χ1v) is 12.2. The largest absolute Gasteiger partial charge is 0.479 e. The maximum atomic E-state index is 13.1. The summed E-state index contributed by atoms with van der Waals surface area (Å²) in [7, 11) is -3.75. The van der Waals surface area contributed by atoms with Crippen molar-refractivity contribution in [1.29, 1.82) is 0 Å². The fourth-order valence-electron chi connectivity index (χ4n) is 3.92. The number of carbonyl (C=O) groups excluding carboxylic acids is 2. The summed E-state index contributed by atoms with van der Waals surface area (Å²) < 4.78 is 33.1. The number of nitrogens with zero attached hydrogens (tertiary/aromatic N) is 1. The van der Waals surface area contributed by atoms with Gasteiger partial charge in [-0.15, -0.1) is 0 Å². The molecule has 0 saturated carbocycles. The lowest BCUT2D eigenvalue weighted by molar-refractivity contribution is -0.123. The van der Waals surface area contributed by atoms with Crippen LogP contribution < -0.4 is 15.4 Å². The summed E-state index contributed by atoms with van der Waals surface area (Å²) in [5.41, 5.74) is 2.29. The quantitative estimate of drug-likeness (QED) is 0.718. The van der Waals surface area contributed by atoms with E-state index in [1.807, 2.05) is 24.3 Å². The van der Waals surface area contributed by atoms with Gasteiger partial charge in [0.1, 0.15) is 5.75 Å². The molecule has 1 unspecified atom stereocenters. The number of hydrogen-bond acceptors (Lipinski definition) is 5. The summed E-state index contributed by atoms with van der Waals surface area (Å²) in [5.74, 6) is -0.208. The Hall–Kier alpha value is -2.91. The van der Waals surface area contributed by atoms with Crippen molar-refractivity contribution in [1.82, 2.24) is 4.31 Å². The van der Waals surface area contributed by atoms with E-state index in [4.69, 9.17) is 4.74 Å². The average Bonchev–Trinajstić information content (AvgIpc) is 2.80. The van der Waals surface area contributed by atoms with E-state index in [1.165, 1.54) is 22.0 Å². The van der Waals surface area contributed by atoms with Crippen LogP contribution in [0.3, 0.4) is 0 Å². The number of fused-ring (bicyclic) bond motifs is 1. The SMILES string of the molecule is CCc1ccc(NC(=O)C2CCN(S(=O)(=O)c3ccc4c(c3)NC(=O)C(C)O4)CC2)cc1. The monoisotopic (exact) mass is 457 g/mol. The van der Waals surface area contributed by atoms with Crippen LogP contribution in [-0.4, -0.2) is 43.7 Å². The first-order valence-electron chi connectivity index (χ1n) is 10.8. The number of rotatable bonds is 5. The lowest BCUT2D eigenvalue weighted by Crippen LogP contribution is -2.41. The van der Waals surface area contributed by atoms with Crippen LogP contribution in [0.1, 0.15) is 32.3 Å². The van der Waals surface area contributed by atoms with Gasteiger partial charge in [-0.1, -0.05) is 19.1 Å². The fourth-order valence-corrected chi connectivity index (χ4v) is 5.42. The Balaban J connectivity index is 1.39. The summed E-state index contributed by atoms with van der Waals surface area (Å²) >= 11 is 0. The Morgan fingerprint density at radius 2 is 1.84 bits per heavy atom. The van der Waals surface area contributed by atoms with Gasteiger partial charge in [0.2, 0.25) is 15.9 Å². The molecule has 1 fully saturated rings. The highest BCUT2D eigenvalue weighted by atomic mass is 32.2. The number of aryl methyl sites for hydroxylation is 1. The second kappa shape index (κ2) is 8.91. The molecule has 0 aromatic heterocycles. The van der Waals surface area contributed by atoms with Crippen molar-refractivity contribution in [3.8, 4) is 5.75 Å². The molecule has 8 nitrogen and oxygen atoms in total. The molecular formula is C23H27N3O5S. The van der Waals surface area contributed by atoms with E-state index in [2.05, 4.69) is 17.6 Å². The first kappa shape index (κ1) is 22.3. The van der Waals surface area contributed by atoms with Gasteiger partial charge in [-0.3, -0.25) is 9.59 Å². The molecule has 2 amide bonds. The van der Waals surface area contributed by atoms with Gasteiger partial charge in [-0.2, -0.15) is 4.31 Å². The van der Waals surface area contributed by atoms with Crippen LogP contribution in [0.4, 0.5) is 11.4 Å². The average molecular weight is 458 g/mol. The van der Waals surface area contributed by atoms with Gasteiger partial charge < -0.3 is 15.4 Å². The molecule has 0 spiro atoms. The predicted molar refractivity (Wildman–Crippen MR) is 121 cm³/mol. The molecule has 2 N–H and O–H groups in total. The molecule has 9 heteroatoms. The van der Waals surface area contributed by atoms with E-state index < -0.39 is 16.1 Å². The van der Waals surface area contributed by atoms with Gasteiger partial charge in [0.25, 0.3) is 5.91 Å². The summed E-state index contributed by atoms with van der Waals surface area (Å²) in [4.78, 5) is 24.6. The van der Waals surface area contributed by atoms with Crippen LogP contribution >= 0.6 is 0 Å². The van der Waals surface area contributed by atoms with Crippen LogP contribution in [0.2, 0.25) is 0 Å². The fraction of sp³-hybridized carbons (Fsp3) is 0.391. The standard InChI is InChI=1S/C23H27N3O5S/c1-3-16-4-6-18(7-5-16)24-23(28)17-10-12-26(13-11-17)32(29,30)19-8-9-21-20(14-19)25-22(27)15(2)31-21/h4-9,14-15,17H,3,10-13H2,1-2H3,(H,24,28)(H,25,27). The summed E-state index contributed by atoms with van der Waals surface area (Å²) in [6.07, 6.45) is 1.20. The van der Waals surface area contributed by atoms with E-state index in [-0.39, 0.29) is 35.7 Å². The third-order valence-corrected chi connectivity index (χ3v) is 7.87. The number of carbonyl (C=O) groups is 2. The molecule has 0 bridgehead atoms. The number of sulfonamides is 1. The summed E-state index contributed by atoms with van der Waals surface area (Å²) in [6, 6.07) is 12.2. The molecule has 2 heterocycles. The lowest BCUT2D eigenvalue weighted by Gasteiger charge is -2.31. The van der Waals surface area contributed by atoms with E-state index in [1.54, 1.807) is 13.0 Å². The normalized spacial score (nSPS) is 19.6. The Morgan fingerprint density at radius 3 is 2.50 bits per heavy atom. The minimum atomic E-state index is -3.75. The molecule has 2 aromatic carbocycles. The van der Waals surface area contributed by atoms with Crippen molar-refractivity contribution in [2.75, 3.05) is 23.7 Å². The predicted octanol–water partition coefficient (Wildman–Crippen LogP) is 3.01. The Bertz CT molecular complexity index is 1120. The van der Waals surface area contributed by atoms with Gasteiger partial charge in [-0.05, 0) is 62.1 Å². The zero-order valence-electron chi connectivity index (χ0n) is 18.1. The molecule has 2 aromatic rings. The van der Waals surface area contributed by atoms with Gasteiger partial charge in [0, 0.05) is 24.7 Å². The molecular weight excluding hydrogens is 430 g/mol. The molecule has 1 atom stereocenters. The van der Waals surface area contributed by atoms with Crippen LogP contribution in [0.5, 0.6) is 5.75 Å². The van der Waals surface area contributed by atoms with Gasteiger partial charge in [0.05, 0.1) is 10.6 Å². The summed E-state index contributed by atoms with van der Waals surface area (Å²) in [5, 5.41) is 5.61. The van der Waals surface area contributed by atoms with Crippen molar-refractivity contribution in [2.45, 2.75) is 44.1 Å². The van der Waals surface area contributed by atoms with E-state index in [9.17, 15) is 18.0 Å². The third-order valence-electron chi connectivity index (χ3n) is 5.97. The third kappa shape index (κ3) is 4.49. The van der Waals surface area contributed by atoms with Crippen LogP contribution in [0.15, 0.2) is 47.4 Å². The highest BCUT2D eigenvalue weighted by Gasteiger charge is 2.33. The number of hydrogen-bond donors (Lipinski definition) is 2. The number of anilines is 2. The topological polar surface area (TPSA) is 105 Å². The molecule has 170 valence electrons. The highest BCUT2D eigenvalue weighted by Crippen LogP contribution is 2.33. The number of ether oxygens (including phenoxy) is 1. The zero-order valence-corrected chi connectivity index (χ0v) is 18.9. The number of nitrogens with one attached hydrogen (secondary N) is 2. The van der Waals surface area contributed by atoms with Crippen molar-refractivity contribution in [3.05, 3.63) is 48.0 Å².